The molecule has 0 spiro atoms. The number of anilines is 1. The molecule has 1 aliphatic carbocycles. The molecule has 8 heteroatoms. The van der Waals surface area contributed by atoms with Crippen molar-refractivity contribution < 1.29 is 31.9 Å². The van der Waals surface area contributed by atoms with Gasteiger partial charge in [-0.05, 0) is 18.2 Å². The monoisotopic (exact) mass is 365 g/mol. The van der Waals surface area contributed by atoms with Gasteiger partial charge in [0.2, 0.25) is 11.6 Å². The highest BCUT2D eigenvalue weighted by atomic mass is 19.4. The Labute approximate surface area is 145 Å². The van der Waals surface area contributed by atoms with E-state index in [-0.39, 0.29) is 28.3 Å². The molecule has 0 heterocycles. The summed E-state index contributed by atoms with van der Waals surface area (Å²) in [6.45, 7) is 0. The van der Waals surface area contributed by atoms with Crippen molar-refractivity contribution in [1.82, 2.24) is 0 Å². The van der Waals surface area contributed by atoms with Crippen LogP contribution in [0.3, 0.4) is 0 Å². The van der Waals surface area contributed by atoms with E-state index in [2.05, 4.69) is 5.32 Å². The number of ketones is 2. The van der Waals surface area contributed by atoms with Crippen LogP contribution < -0.4 is 5.32 Å². The lowest BCUT2D eigenvalue weighted by molar-refractivity contribution is -0.139. The van der Waals surface area contributed by atoms with Crippen LogP contribution >= 0.6 is 0 Å². The Morgan fingerprint density at radius 3 is 2.15 bits per heavy atom. The number of carbonyl (C=O) groups excluding carboxylic acids is 2. The summed E-state index contributed by atoms with van der Waals surface area (Å²) in [5.74, 6) is -2.97. The van der Waals surface area contributed by atoms with Gasteiger partial charge in [0.25, 0.3) is 0 Å². The quantitative estimate of drug-likeness (QED) is 0.829. The van der Waals surface area contributed by atoms with Crippen molar-refractivity contribution in [2.45, 2.75) is 6.18 Å². The topological polar surface area (TPSA) is 55.4 Å². The summed E-state index contributed by atoms with van der Waals surface area (Å²) >= 11 is 0. The van der Waals surface area contributed by atoms with Crippen molar-refractivity contribution >= 4 is 17.3 Å². The molecule has 1 aliphatic rings. The number of carbonyl (C=O) groups is 2. The molecule has 2 aromatic rings. The molecule has 1 N–H and O–H groups in total. The summed E-state index contributed by atoms with van der Waals surface area (Å²) in [4.78, 5) is 25.1. The summed E-state index contributed by atoms with van der Waals surface area (Å²) in [5, 5.41) is 2.46. The molecule has 4 nitrogen and oxygen atoms in total. The fraction of sp³-hybridized carbons (Fsp3) is 0.111. The minimum absolute atomic E-state index is 0.0963. The molecular weight excluding hydrogens is 354 g/mol. The molecule has 0 bridgehead atoms. The third kappa shape index (κ3) is 2.94. The van der Waals surface area contributed by atoms with Gasteiger partial charge >= 0.3 is 6.18 Å². The van der Waals surface area contributed by atoms with E-state index in [4.69, 9.17) is 4.74 Å². The molecule has 3 rings (SSSR count). The van der Waals surface area contributed by atoms with Crippen molar-refractivity contribution in [1.29, 1.82) is 0 Å². The van der Waals surface area contributed by atoms with Crippen molar-refractivity contribution in [3.8, 4) is 0 Å². The van der Waals surface area contributed by atoms with E-state index in [0.29, 0.717) is 12.1 Å². The number of rotatable bonds is 3. The Balaban J connectivity index is 2.07. The number of nitrogens with one attached hydrogen (secondary N) is 1. The molecule has 26 heavy (non-hydrogen) atoms. The van der Waals surface area contributed by atoms with Gasteiger partial charge in [0.05, 0.1) is 12.7 Å². The van der Waals surface area contributed by atoms with Gasteiger partial charge in [-0.3, -0.25) is 9.59 Å². The van der Waals surface area contributed by atoms with E-state index in [9.17, 15) is 27.2 Å². The van der Waals surface area contributed by atoms with Gasteiger partial charge in [-0.25, -0.2) is 4.39 Å². The Hall–Kier alpha value is -3.16. The molecule has 0 saturated heterocycles. The van der Waals surface area contributed by atoms with Crippen LogP contribution in [0.25, 0.3) is 0 Å². The van der Waals surface area contributed by atoms with E-state index >= 15 is 0 Å². The normalized spacial score (nSPS) is 14.3. The Morgan fingerprint density at radius 1 is 0.962 bits per heavy atom. The number of ether oxygens (including phenoxy) is 1. The first kappa shape index (κ1) is 17.7. The zero-order valence-electron chi connectivity index (χ0n) is 13.3. The first-order chi connectivity index (χ1) is 12.2. The van der Waals surface area contributed by atoms with E-state index < -0.39 is 29.1 Å². The third-order valence-electron chi connectivity index (χ3n) is 3.82. The van der Waals surface area contributed by atoms with Gasteiger partial charge in [0.15, 0.2) is 5.76 Å². The van der Waals surface area contributed by atoms with E-state index in [0.717, 1.165) is 6.07 Å². The second-order valence-corrected chi connectivity index (χ2v) is 5.43. The van der Waals surface area contributed by atoms with Crippen LogP contribution in [-0.2, 0) is 10.9 Å². The third-order valence-corrected chi connectivity index (χ3v) is 3.82. The van der Waals surface area contributed by atoms with Crippen LogP contribution in [0, 0.1) is 5.82 Å². The predicted molar refractivity (Wildman–Crippen MR) is 84.2 cm³/mol. The number of alkyl halides is 3. The molecular formula is C18H11F4NO3. The SMILES string of the molecule is COC1=C(Nc2ccc(F)c(C(F)(F)F)c2)C(=O)c2ccccc2C1=O. The minimum Gasteiger partial charge on any atom is -0.491 e. The largest absolute Gasteiger partial charge is 0.491 e. The van der Waals surface area contributed by atoms with Crippen molar-refractivity contribution in [3.63, 3.8) is 0 Å². The molecule has 2 aromatic carbocycles. The molecule has 134 valence electrons. The maximum Gasteiger partial charge on any atom is 0.419 e. The van der Waals surface area contributed by atoms with Crippen LogP contribution in [0.1, 0.15) is 26.3 Å². The number of methoxy groups -OCH3 is 1. The zero-order valence-corrected chi connectivity index (χ0v) is 13.3. The number of halogens is 4. The lowest BCUT2D eigenvalue weighted by atomic mass is 9.91. The van der Waals surface area contributed by atoms with Crippen molar-refractivity contribution in [2.75, 3.05) is 12.4 Å². The average Bonchev–Trinajstić information content (AvgIpc) is 2.60. The number of hydrogen-bond acceptors (Lipinski definition) is 4. The van der Waals surface area contributed by atoms with Crippen molar-refractivity contribution in [2.24, 2.45) is 0 Å². The van der Waals surface area contributed by atoms with Gasteiger partial charge in [-0.15, -0.1) is 0 Å². The summed E-state index contributed by atoms with van der Waals surface area (Å²) in [6.07, 6.45) is -4.90. The predicted octanol–water partition coefficient (Wildman–Crippen LogP) is 4.19. The van der Waals surface area contributed by atoms with Crippen LogP contribution in [0.15, 0.2) is 53.9 Å². The molecule has 0 unspecified atom stereocenters. The van der Waals surface area contributed by atoms with Gasteiger partial charge in [0, 0.05) is 16.8 Å². The van der Waals surface area contributed by atoms with Crippen LogP contribution in [0.2, 0.25) is 0 Å². The highest BCUT2D eigenvalue weighted by Gasteiger charge is 2.36. The van der Waals surface area contributed by atoms with Crippen LogP contribution in [0.4, 0.5) is 23.2 Å². The van der Waals surface area contributed by atoms with Gasteiger partial charge in [-0.1, -0.05) is 24.3 Å². The highest BCUT2D eigenvalue weighted by Crippen LogP contribution is 2.34. The summed E-state index contributed by atoms with van der Waals surface area (Å²) in [5.41, 5.74) is -1.77. The number of hydrogen-bond donors (Lipinski definition) is 1. The maximum atomic E-state index is 13.4. The molecule has 0 saturated carbocycles. The average molecular weight is 365 g/mol. The molecule has 0 atom stereocenters. The first-order valence-corrected chi connectivity index (χ1v) is 7.34. The second-order valence-electron chi connectivity index (χ2n) is 5.43. The lowest BCUT2D eigenvalue weighted by Gasteiger charge is -2.21. The van der Waals surface area contributed by atoms with E-state index in [1.54, 1.807) is 12.1 Å². The Bertz CT molecular complexity index is 948. The lowest BCUT2D eigenvalue weighted by Crippen LogP contribution is -2.27. The van der Waals surface area contributed by atoms with Crippen molar-refractivity contribution in [3.05, 3.63) is 76.4 Å². The molecule has 0 aromatic heterocycles. The number of benzene rings is 2. The fourth-order valence-corrected chi connectivity index (χ4v) is 2.63. The zero-order chi connectivity index (χ0) is 19.1. The van der Waals surface area contributed by atoms with Crippen LogP contribution in [-0.4, -0.2) is 18.7 Å². The van der Waals surface area contributed by atoms with E-state index in [1.165, 1.54) is 19.2 Å². The highest BCUT2D eigenvalue weighted by molar-refractivity contribution is 6.27. The standard InChI is InChI=1S/C18H11F4NO3/c1-26-17-14(15(24)10-4-2-3-5-11(10)16(17)25)23-9-6-7-13(19)12(8-9)18(20,21)22/h2-8,23H,1H3. The fourth-order valence-electron chi connectivity index (χ4n) is 2.63. The Kier molecular flexibility index (Phi) is 4.27. The van der Waals surface area contributed by atoms with Gasteiger partial charge in [0.1, 0.15) is 11.5 Å². The molecule has 0 aliphatic heterocycles. The summed E-state index contributed by atoms with van der Waals surface area (Å²) in [6, 6.07) is 8.18. The van der Waals surface area contributed by atoms with Crippen LogP contribution in [0.5, 0.6) is 0 Å². The number of Topliss-reactive ketones (excluding diaryl/α,β-unsaturated/α-hetero) is 2. The molecule has 0 fully saturated rings. The number of fused-ring (bicyclic) bond motifs is 1. The smallest absolute Gasteiger partial charge is 0.419 e. The molecule has 0 amide bonds. The van der Waals surface area contributed by atoms with Gasteiger partial charge in [-0.2, -0.15) is 13.2 Å². The first-order valence-electron chi connectivity index (χ1n) is 7.34. The van der Waals surface area contributed by atoms with E-state index in [1.807, 2.05) is 0 Å². The Morgan fingerprint density at radius 2 is 1.58 bits per heavy atom. The minimum atomic E-state index is -4.90. The summed E-state index contributed by atoms with van der Waals surface area (Å²) < 4.78 is 57.0. The van der Waals surface area contributed by atoms with Gasteiger partial charge < -0.3 is 10.1 Å². The number of allylic oxidation sites excluding steroid dienone is 2. The summed E-state index contributed by atoms with van der Waals surface area (Å²) in [7, 11) is 1.17. The maximum absolute atomic E-state index is 13.4. The molecule has 0 radical (unpaired) electrons. The second kappa shape index (κ2) is 6.29.